The molecule has 0 aliphatic heterocycles. The average molecular weight is 459 g/mol. The molecule has 4 N–H and O–H groups in total. The number of imidazole rings is 1. The van der Waals surface area contributed by atoms with Crippen LogP contribution in [0.3, 0.4) is 0 Å². The van der Waals surface area contributed by atoms with Crippen molar-refractivity contribution < 1.29 is 4.79 Å². The lowest BCUT2D eigenvalue weighted by molar-refractivity contribution is 0.251. The Balaban J connectivity index is 1.35. The average Bonchev–Trinajstić information content (AvgIpc) is 3.36. The van der Waals surface area contributed by atoms with E-state index in [1.807, 2.05) is 83.5 Å². The summed E-state index contributed by atoms with van der Waals surface area (Å²) in [6.45, 7) is 0.383. The molecule has 35 heavy (non-hydrogen) atoms. The van der Waals surface area contributed by atoms with Gasteiger partial charge in [0.05, 0.1) is 0 Å². The molecule has 7 nitrogen and oxygen atoms in total. The van der Waals surface area contributed by atoms with Gasteiger partial charge in [-0.1, -0.05) is 17.9 Å². The molecule has 5 rings (SSSR count). The van der Waals surface area contributed by atoms with Gasteiger partial charge in [0.15, 0.2) is 0 Å². The lowest BCUT2D eigenvalue weighted by Crippen LogP contribution is -2.28. The van der Waals surface area contributed by atoms with E-state index in [1.54, 1.807) is 18.6 Å². The van der Waals surface area contributed by atoms with Crippen LogP contribution in [0, 0.1) is 11.8 Å². The highest BCUT2D eigenvalue weighted by Crippen LogP contribution is 2.26. The largest absolute Gasteiger partial charge is 0.399 e. The van der Waals surface area contributed by atoms with Crippen molar-refractivity contribution in [2.75, 3.05) is 11.1 Å². The van der Waals surface area contributed by atoms with Crippen molar-refractivity contribution in [3.8, 4) is 23.0 Å². The maximum absolute atomic E-state index is 12.6. The fourth-order valence-electron chi connectivity index (χ4n) is 3.63. The summed E-state index contributed by atoms with van der Waals surface area (Å²) in [6.07, 6.45) is 9.02. The molecule has 0 spiro atoms. The normalized spacial score (nSPS) is 10.4. The van der Waals surface area contributed by atoms with Gasteiger partial charge in [-0.05, 0) is 77.4 Å². The molecule has 3 heterocycles. The first kappa shape index (κ1) is 21.7. The zero-order chi connectivity index (χ0) is 24.0. The highest BCUT2D eigenvalue weighted by molar-refractivity contribution is 5.90. The number of amides is 2. The lowest BCUT2D eigenvalue weighted by atomic mass is 10.00. The van der Waals surface area contributed by atoms with Gasteiger partial charge in [0.2, 0.25) is 0 Å². The van der Waals surface area contributed by atoms with E-state index in [9.17, 15) is 4.79 Å². The number of aromatic nitrogens is 3. The fourth-order valence-corrected chi connectivity index (χ4v) is 3.63. The summed E-state index contributed by atoms with van der Waals surface area (Å²) < 4.78 is 1.92. The molecular weight excluding hydrogens is 436 g/mol. The Labute approximate surface area is 202 Å². The van der Waals surface area contributed by atoms with Crippen LogP contribution in [0.2, 0.25) is 0 Å². The Morgan fingerprint density at radius 1 is 0.914 bits per heavy atom. The second kappa shape index (κ2) is 9.81. The third-order valence-corrected chi connectivity index (χ3v) is 5.44. The Bertz CT molecular complexity index is 1550. The van der Waals surface area contributed by atoms with Crippen LogP contribution in [-0.2, 0) is 6.54 Å². The number of pyridine rings is 2. The van der Waals surface area contributed by atoms with Crippen molar-refractivity contribution in [3.05, 3.63) is 114 Å². The summed E-state index contributed by atoms with van der Waals surface area (Å²) in [4.78, 5) is 20.9. The highest BCUT2D eigenvalue weighted by atomic mass is 16.2. The van der Waals surface area contributed by atoms with E-state index >= 15 is 0 Å². The quantitative estimate of drug-likeness (QED) is 0.269. The SMILES string of the molecule is Nc1ccc(C#Cc2cc(NC(=O)NCc3ccn4ccnc4c3)ccc2-c2ccncc2)cc1. The smallest absolute Gasteiger partial charge is 0.319 e. The van der Waals surface area contributed by atoms with Gasteiger partial charge in [0.25, 0.3) is 0 Å². The molecule has 7 heteroatoms. The number of hydrogen-bond donors (Lipinski definition) is 3. The van der Waals surface area contributed by atoms with Gasteiger partial charge in [0.1, 0.15) is 5.65 Å². The van der Waals surface area contributed by atoms with Crippen molar-refractivity contribution in [2.45, 2.75) is 6.54 Å². The predicted octanol–water partition coefficient (Wildman–Crippen LogP) is 4.70. The van der Waals surface area contributed by atoms with Crippen molar-refractivity contribution >= 4 is 23.1 Å². The van der Waals surface area contributed by atoms with Gasteiger partial charge in [-0.3, -0.25) is 4.98 Å². The number of hydrogen-bond acceptors (Lipinski definition) is 4. The number of carbonyl (C=O) groups is 1. The molecule has 0 saturated carbocycles. The zero-order valence-electron chi connectivity index (χ0n) is 18.8. The molecule has 0 bridgehead atoms. The van der Waals surface area contributed by atoms with Crippen LogP contribution < -0.4 is 16.4 Å². The van der Waals surface area contributed by atoms with Crippen LogP contribution in [0.5, 0.6) is 0 Å². The Morgan fingerprint density at radius 3 is 2.57 bits per heavy atom. The second-order valence-corrected chi connectivity index (χ2v) is 7.90. The molecule has 0 atom stereocenters. The van der Waals surface area contributed by atoms with Gasteiger partial charge in [-0.2, -0.15) is 0 Å². The number of nitrogen functional groups attached to an aromatic ring is 1. The maximum Gasteiger partial charge on any atom is 0.319 e. The van der Waals surface area contributed by atoms with E-state index in [1.165, 1.54) is 0 Å². The molecule has 0 aliphatic carbocycles. The van der Waals surface area contributed by atoms with Gasteiger partial charge >= 0.3 is 6.03 Å². The first-order valence-electron chi connectivity index (χ1n) is 11.0. The number of nitrogens with zero attached hydrogens (tertiary/aromatic N) is 3. The standard InChI is InChI=1S/C28H22N6O/c29-24-5-2-20(3-6-24)1-4-23-18-25(7-8-26(23)22-9-12-30-13-10-22)33-28(35)32-19-21-11-15-34-16-14-31-27(34)17-21/h2-3,5-18H,19,29H2,(H2,32,33,35). The van der Waals surface area contributed by atoms with Crippen LogP contribution in [0.4, 0.5) is 16.2 Å². The summed E-state index contributed by atoms with van der Waals surface area (Å²) in [5.74, 6) is 6.42. The number of fused-ring (bicyclic) bond motifs is 1. The number of urea groups is 1. The van der Waals surface area contributed by atoms with Crippen LogP contribution >= 0.6 is 0 Å². The monoisotopic (exact) mass is 458 g/mol. The number of carbonyl (C=O) groups excluding carboxylic acids is 1. The topological polar surface area (TPSA) is 97.3 Å². The van der Waals surface area contributed by atoms with Gasteiger partial charge < -0.3 is 20.8 Å². The third kappa shape index (κ3) is 5.29. The minimum atomic E-state index is -0.303. The number of benzene rings is 2. The Kier molecular flexibility index (Phi) is 6.09. The number of nitrogens with two attached hydrogens (primary N) is 1. The fraction of sp³-hybridized carbons (Fsp3) is 0.0357. The van der Waals surface area contributed by atoms with Gasteiger partial charge in [-0.25, -0.2) is 9.78 Å². The molecule has 0 radical (unpaired) electrons. The molecular formula is C28H22N6O. The van der Waals surface area contributed by atoms with E-state index in [0.29, 0.717) is 17.9 Å². The predicted molar refractivity (Wildman–Crippen MR) is 138 cm³/mol. The van der Waals surface area contributed by atoms with Crippen molar-refractivity contribution in [1.29, 1.82) is 0 Å². The maximum atomic E-state index is 12.6. The minimum absolute atomic E-state index is 0.303. The molecule has 3 aromatic heterocycles. The van der Waals surface area contributed by atoms with E-state index in [4.69, 9.17) is 5.73 Å². The first-order chi connectivity index (χ1) is 17.1. The third-order valence-electron chi connectivity index (χ3n) is 5.44. The number of nitrogens with one attached hydrogen (secondary N) is 2. The van der Waals surface area contributed by atoms with E-state index in [2.05, 4.69) is 32.4 Å². The summed E-state index contributed by atoms with van der Waals surface area (Å²) in [5.41, 5.74) is 12.5. The summed E-state index contributed by atoms with van der Waals surface area (Å²) >= 11 is 0. The van der Waals surface area contributed by atoms with Gasteiger partial charge in [-0.15, -0.1) is 0 Å². The molecule has 2 amide bonds. The number of anilines is 2. The molecule has 0 unspecified atom stereocenters. The zero-order valence-corrected chi connectivity index (χ0v) is 18.8. The van der Waals surface area contributed by atoms with Crippen molar-refractivity contribution in [1.82, 2.24) is 19.7 Å². The molecule has 2 aromatic carbocycles. The van der Waals surface area contributed by atoms with Crippen LogP contribution in [-0.4, -0.2) is 20.4 Å². The highest BCUT2D eigenvalue weighted by Gasteiger charge is 2.08. The second-order valence-electron chi connectivity index (χ2n) is 7.90. The van der Waals surface area contributed by atoms with Gasteiger partial charge in [0, 0.05) is 60.0 Å². The van der Waals surface area contributed by atoms with Crippen molar-refractivity contribution in [2.24, 2.45) is 0 Å². The summed E-state index contributed by atoms with van der Waals surface area (Å²) in [7, 11) is 0. The number of rotatable bonds is 4. The molecule has 0 aliphatic rings. The Morgan fingerprint density at radius 2 is 1.74 bits per heavy atom. The van der Waals surface area contributed by atoms with E-state index in [-0.39, 0.29) is 6.03 Å². The molecule has 5 aromatic rings. The minimum Gasteiger partial charge on any atom is -0.399 e. The van der Waals surface area contributed by atoms with E-state index in [0.717, 1.165) is 33.5 Å². The Hall–Kier alpha value is -5.09. The first-order valence-corrected chi connectivity index (χ1v) is 11.0. The molecule has 170 valence electrons. The summed E-state index contributed by atoms with van der Waals surface area (Å²) in [5, 5.41) is 5.79. The van der Waals surface area contributed by atoms with Crippen LogP contribution in [0.1, 0.15) is 16.7 Å². The lowest BCUT2D eigenvalue weighted by Gasteiger charge is -2.11. The molecule has 0 fully saturated rings. The van der Waals surface area contributed by atoms with E-state index < -0.39 is 0 Å². The molecule has 0 saturated heterocycles. The van der Waals surface area contributed by atoms with Crippen molar-refractivity contribution in [3.63, 3.8) is 0 Å². The van der Waals surface area contributed by atoms with Crippen LogP contribution in [0.15, 0.2) is 97.7 Å². The summed E-state index contributed by atoms with van der Waals surface area (Å²) in [6, 6.07) is 20.5. The van der Waals surface area contributed by atoms with Crippen LogP contribution in [0.25, 0.3) is 16.8 Å².